The van der Waals surface area contributed by atoms with Gasteiger partial charge in [-0.1, -0.05) is 42.5 Å². The average molecular weight is 418 g/mol. The summed E-state index contributed by atoms with van der Waals surface area (Å²) >= 11 is 0. The molecule has 0 spiro atoms. The molecule has 1 aliphatic heterocycles. The standard InChI is InChI=1S/C25H22O6/c26-18-8-6-17(7-9-18)24-21(20-11-10-19(27)14-22(20)31-25(24)30)13-16-3-1-15(2-4-16)5-12-23(28)29/h1-4,6-11,14,21,24,26-27H,5,12-13H2,(H,28,29). The molecule has 2 unspecified atom stereocenters. The Balaban J connectivity index is 1.67. The Morgan fingerprint density at radius 3 is 2.19 bits per heavy atom. The van der Waals surface area contributed by atoms with Crippen LogP contribution in [-0.4, -0.2) is 27.3 Å². The van der Waals surface area contributed by atoms with Gasteiger partial charge in [0.15, 0.2) is 0 Å². The molecule has 1 aliphatic rings. The smallest absolute Gasteiger partial charge is 0.319 e. The van der Waals surface area contributed by atoms with Gasteiger partial charge < -0.3 is 20.1 Å². The van der Waals surface area contributed by atoms with Crippen molar-refractivity contribution in [3.63, 3.8) is 0 Å². The van der Waals surface area contributed by atoms with Gasteiger partial charge in [0.1, 0.15) is 17.2 Å². The second-order valence-corrected chi connectivity index (χ2v) is 7.73. The minimum atomic E-state index is -0.832. The normalized spacial score (nSPS) is 17.6. The first-order valence-corrected chi connectivity index (χ1v) is 10.0. The van der Waals surface area contributed by atoms with Crippen LogP contribution >= 0.6 is 0 Å². The number of aromatic hydroxyl groups is 2. The first-order valence-electron chi connectivity index (χ1n) is 10.0. The largest absolute Gasteiger partial charge is 0.508 e. The zero-order valence-corrected chi connectivity index (χ0v) is 16.7. The fourth-order valence-electron chi connectivity index (χ4n) is 4.06. The highest BCUT2D eigenvalue weighted by atomic mass is 16.5. The Hall–Kier alpha value is -3.80. The highest BCUT2D eigenvalue weighted by Gasteiger charge is 2.39. The number of carbonyl (C=O) groups excluding carboxylic acids is 1. The van der Waals surface area contributed by atoms with Crippen LogP contribution < -0.4 is 4.74 Å². The lowest BCUT2D eigenvalue weighted by molar-refractivity contribution is -0.138. The summed E-state index contributed by atoms with van der Waals surface area (Å²) in [5.74, 6) is -1.55. The molecule has 6 heteroatoms. The topological polar surface area (TPSA) is 104 Å². The molecule has 6 nitrogen and oxygen atoms in total. The summed E-state index contributed by atoms with van der Waals surface area (Å²) in [5.41, 5.74) is 3.51. The molecule has 0 radical (unpaired) electrons. The van der Waals surface area contributed by atoms with E-state index in [-0.39, 0.29) is 23.8 Å². The van der Waals surface area contributed by atoms with E-state index in [1.165, 1.54) is 6.07 Å². The van der Waals surface area contributed by atoms with Crippen molar-refractivity contribution in [2.45, 2.75) is 31.1 Å². The van der Waals surface area contributed by atoms with Crippen molar-refractivity contribution >= 4 is 11.9 Å². The van der Waals surface area contributed by atoms with E-state index in [1.54, 1.807) is 36.4 Å². The highest BCUT2D eigenvalue weighted by molar-refractivity contribution is 5.84. The maximum atomic E-state index is 12.9. The second kappa shape index (κ2) is 8.52. The Morgan fingerprint density at radius 2 is 1.52 bits per heavy atom. The molecule has 3 aromatic rings. The summed E-state index contributed by atoms with van der Waals surface area (Å²) < 4.78 is 5.53. The number of esters is 1. The van der Waals surface area contributed by atoms with Crippen LogP contribution in [0.15, 0.2) is 66.7 Å². The zero-order chi connectivity index (χ0) is 22.0. The second-order valence-electron chi connectivity index (χ2n) is 7.73. The molecule has 0 amide bonds. The number of carbonyl (C=O) groups is 2. The van der Waals surface area contributed by atoms with Crippen LogP contribution in [0, 0.1) is 0 Å². The molecule has 0 saturated heterocycles. The number of ether oxygens (including phenoxy) is 1. The van der Waals surface area contributed by atoms with Crippen LogP contribution in [0.2, 0.25) is 0 Å². The van der Waals surface area contributed by atoms with Crippen molar-refractivity contribution in [2.75, 3.05) is 0 Å². The van der Waals surface area contributed by atoms with Crippen LogP contribution in [-0.2, 0) is 22.4 Å². The number of aryl methyl sites for hydroxylation is 1. The Kier molecular flexibility index (Phi) is 5.62. The summed E-state index contributed by atoms with van der Waals surface area (Å²) in [7, 11) is 0. The number of carboxylic acid groups (broad SMARTS) is 1. The lowest BCUT2D eigenvalue weighted by atomic mass is 9.76. The van der Waals surface area contributed by atoms with E-state index in [2.05, 4.69) is 0 Å². The number of carboxylic acids is 1. The van der Waals surface area contributed by atoms with Crippen LogP contribution in [0.4, 0.5) is 0 Å². The lowest BCUT2D eigenvalue weighted by Gasteiger charge is -2.32. The van der Waals surface area contributed by atoms with Crippen molar-refractivity contribution in [3.05, 3.63) is 89.0 Å². The predicted molar refractivity (Wildman–Crippen MR) is 113 cm³/mol. The minimum Gasteiger partial charge on any atom is -0.508 e. The van der Waals surface area contributed by atoms with Gasteiger partial charge in [-0.25, -0.2) is 0 Å². The molecule has 3 N–H and O–H groups in total. The van der Waals surface area contributed by atoms with Crippen molar-refractivity contribution < 1.29 is 29.6 Å². The van der Waals surface area contributed by atoms with E-state index in [0.29, 0.717) is 18.6 Å². The minimum absolute atomic E-state index is 0.0242. The third-order valence-corrected chi connectivity index (χ3v) is 5.62. The quantitative estimate of drug-likeness (QED) is 0.411. The van der Waals surface area contributed by atoms with Crippen LogP contribution in [0.1, 0.15) is 40.5 Å². The summed E-state index contributed by atoms with van der Waals surface area (Å²) in [6, 6.07) is 19.0. The van der Waals surface area contributed by atoms with E-state index in [1.807, 2.05) is 24.3 Å². The van der Waals surface area contributed by atoms with E-state index in [4.69, 9.17) is 9.84 Å². The molecule has 0 saturated carbocycles. The molecule has 0 aliphatic carbocycles. The number of hydrogen-bond acceptors (Lipinski definition) is 5. The molecule has 0 aromatic heterocycles. The third kappa shape index (κ3) is 4.53. The first-order chi connectivity index (χ1) is 14.9. The maximum absolute atomic E-state index is 12.9. The number of phenolic OH excluding ortho intramolecular Hbond substituents is 2. The summed E-state index contributed by atoms with van der Waals surface area (Å²) in [6.45, 7) is 0. The molecule has 0 fully saturated rings. The monoisotopic (exact) mass is 418 g/mol. The van der Waals surface area contributed by atoms with Gasteiger partial charge in [0, 0.05) is 18.4 Å². The summed E-state index contributed by atoms with van der Waals surface area (Å²) in [4.78, 5) is 23.7. The van der Waals surface area contributed by atoms with Crippen LogP contribution in [0.3, 0.4) is 0 Å². The molecule has 3 aromatic carbocycles. The SMILES string of the molecule is O=C(O)CCc1ccc(CC2c3ccc(O)cc3OC(=O)C2c2ccc(O)cc2)cc1. The average Bonchev–Trinajstić information content (AvgIpc) is 2.74. The van der Waals surface area contributed by atoms with Gasteiger partial charge in [-0.05, 0) is 53.3 Å². The highest BCUT2D eigenvalue weighted by Crippen LogP contribution is 2.45. The molecular formula is C25H22O6. The van der Waals surface area contributed by atoms with Gasteiger partial charge in [0.2, 0.25) is 0 Å². The van der Waals surface area contributed by atoms with E-state index < -0.39 is 17.9 Å². The number of benzene rings is 3. The van der Waals surface area contributed by atoms with Crippen LogP contribution in [0.5, 0.6) is 17.2 Å². The Morgan fingerprint density at radius 1 is 0.871 bits per heavy atom. The van der Waals surface area contributed by atoms with E-state index >= 15 is 0 Å². The Labute approximate surface area is 179 Å². The fraction of sp³-hybridized carbons (Fsp3) is 0.200. The number of fused-ring (bicyclic) bond motifs is 1. The molecule has 2 atom stereocenters. The lowest BCUT2D eigenvalue weighted by Crippen LogP contribution is -2.31. The number of aliphatic carboxylic acids is 1. The summed E-state index contributed by atoms with van der Waals surface area (Å²) in [6.07, 6.45) is 1.09. The van der Waals surface area contributed by atoms with Gasteiger partial charge in [0.25, 0.3) is 0 Å². The van der Waals surface area contributed by atoms with E-state index in [0.717, 1.165) is 22.3 Å². The molecule has 31 heavy (non-hydrogen) atoms. The zero-order valence-electron chi connectivity index (χ0n) is 16.7. The number of hydrogen-bond donors (Lipinski definition) is 3. The fourth-order valence-corrected chi connectivity index (χ4v) is 4.06. The Bertz CT molecular complexity index is 1100. The molecule has 4 rings (SSSR count). The van der Waals surface area contributed by atoms with E-state index in [9.17, 15) is 19.8 Å². The third-order valence-electron chi connectivity index (χ3n) is 5.62. The predicted octanol–water partition coefficient (Wildman–Crippen LogP) is 4.14. The molecule has 1 heterocycles. The molecular weight excluding hydrogens is 396 g/mol. The van der Waals surface area contributed by atoms with Crippen molar-refractivity contribution in [1.82, 2.24) is 0 Å². The number of phenols is 2. The first kappa shape index (κ1) is 20.5. The van der Waals surface area contributed by atoms with Gasteiger partial charge in [0.05, 0.1) is 5.92 Å². The van der Waals surface area contributed by atoms with Crippen molar-refractivity contribution in [1.29, 1.82) is 0 Å². The van der Waals surface area contributed by atoms with Gasteiger partial charge in [-0.3, -0.25) is 9.59 Å². The van der Waals surface area contributed by atoms with Gasteiger partial charge in [-0.2, -0.15) is 0 Å². The molecule has 158 valence electrons. The van der Waals surface area contributed by atoms with Crippen molar-refractivity contribution in [2.24, 2.45) is 0 Å². The van der Waals surface area contributed by atoms with Gasteiger partial charge in [-0.15, -0.1) is 0 Å². The van der Waals surface area contributed by atoms with Crippen LogP contribution in [0.25, 0.3) is 0 Å². The maximum Gasteiger partial charge on any atom is 0.319 e. The number of rotatable bonds is 6. The van der Waals surface area contributed by atoms with Crippen molar-refractivity contribution in [3.8, 4) is 17.2 Å². The summed E-state index contributed by atoms with van der Waals surface area (Å²) in [5, 5.41) is 28.3. The molecule has 0 bridgehead atoms. The van der Waals surface area contributed by atoms with Gasteiger partial charge >= 0.3 is 11.9 Å².